The van der Waals surface area contributed by atoms with Crippen molar-refractivity contribution in [2.24, 2.45) is 0 Å². The zero-order valence-corrected chi connectivity index (χ0v) is 14.7. The van der Waals surface area contributed by atoms with Crippen LogP contribution in [-0.2, 0) is 0 Å². The van der Waals surface area contributed by atoms with Gasteiger partial charge in [0, 0.05) is 47.4 Å². The first kappa shape index (κ1) is 14.8. The van der Waals surface area contributed by atoms with Crippen LogP contribution in [0.15, 0.2) is 65.1 Å². The third-order valence-corrected chi connectivity index (χ3v) is 5.00. The second-order valence-electron chi connectivity index (χ2n) is 5.90. The van der Waals surface area contributed by atoms with Crippen LogP contribution in [0, 0.1) is 0 Å². The molecule has 0 aliphatic heterocycles. The molecule has 0 N–H and O–H groups in total. The van der Waals surface area contributed by atoms with Crippen LogP contribution in [0.5, 0.6) is 11.5 Å². The van der Waals surface area contributed by atoms with E-state index in [0.717, 1.165) is 43.5 Å². The van der Waals surface area contributed by atoms with Crippen molar-refractivity contribution in [3.63, 3.8) is 0 Å². The first-order chi connectivity index (χ1) is 12.3. The van der Waals surface area contributed by atoms with Gasteiger partial charge in [0.05, 0.1) is 0 Å². The quantitative estimate of drug-likeness (QED) is 0.283. The van der Waals surface area contributed by atoms with Crippen LogP contribution in [0.2, 0.25) is 0 Å². The normalized spacial score (nSPS) is 11.6. The van der Waals surface area contributed by atoms with Gasteiger partial charge in [0.1, 0.15) is 22.7 Å². The number of furan rings is 1. The van der Waals surface area contributed by atoms with Gasteiger partial charge in [0.2, 0.25) is 0 Å². The minimum Gasteiger partial charge on any atom is -0.455 e. The summed E-state index contributed by atoms with van der Waals surface area (Å²) in [5.41, 5.74) is 1.66. The SMILES string of the molecule is SOc1ccc2ccc3oc4c5ccccc5c(OS)cc4c3c2c1. The summed E-state index contributed by atoms with van der Waals surface area (Å²) in [4.78, 5) is 0. The summed E-state index contributed by atoms with van der Waals surface area (Å²) in [6, 6.07) is 19.9. The van der Waals surface area contributed by atoms with Crippen LogP contribution in [0.3, 0.4) is 0 Å². The van der Waals surface area contributed by atoms with Crippen molar-refractivity contribution in [2.75, 3.05) is 0 Å². The van der Waals surface area contributed by atoms with Crippen molar-refractivity contribution in [1.82, 2.24) is 0 Å². The fourth-order valence-electron chi connectivity index (χ4n) is 3.50. The number of benzene rings is 4. The monoisotopic (exact) mass is 364 g/mol. The molecule has 5 heteroatoms. The molecule has 0 saturated heterocycles. The van der Waals surface area contributed by atoms with Crippen molar-refractivity contribution in [3.8, 4) is 11.5 Å². The largest absolute Gasteiger partial charge is 0.455 e. The van der Waals surface area contributed by atoms with Crippen molar-refractivity contribution >= 4 is 69.3 Å². The van der Waals surface area contributed by atoms with Crippen LogP contribution in [-0.4, -0.2) is 0 Å². The Morgan fingerprint density at radius 3 is 2.32 bits per heavy atom. The molecule has 0 fully saturated rings. The van der Waals surface area contributed by atoms with Gasteiger partial charge in [0.15, 0.2) is 0 Å². The van der Waals surface area contributed by atoms with Crippen LogP contribution in [0.1, 0.15) is 0 Å². The Kier molecular flexibility index (Phi) is 3.26. The molecule has 0 aliphatic carbocycles. The smallest absolute Gasteiger partial charge is 0.145 e. The molecule has 0 unspecified atom stereocenters. The second-order valence-corrected chi connectivity index (χ2v) is 6.27. The lowest BCUT2D eigenvalue weighted by molar-refractivity contribution is 0.660. The van der Waals surface area contributed by atoms with Gasteiger partial charge in [-0.1, -0.05) is 36.4 Å². The molecule has 0 spiro atoms. The molecule has 0 radical (unpaired) electrons. The summed E-state index contributed by atoms with van der Waals surface area (Å²) >= 11 is 7.95. The standard InChI is InChI=1S/C20H12O3S2/c24-22-12-7-5-11-6-8-17-19(15(11)9-12)16-10-18(23-25)13-3-1-2-4-14(13)20(16)21-17/h1-10,24-25H. The molecule has 25 heavy (non-hydrogen) atoms. The Bertz CT molecular complexity index is 1270. The highest BCUT2D eigenvalue weighted by Crippen LogP contribution is 2.42. The predicted octanol–water partition coefficient (Wildman–Crippen LogP) is 6.34. The highest BCUT2D eigenvalue weighted by atomic mass is 32.1. The first-order valence-electron chi connectivity index (χ1n) is 7.74. The summed E-state index contributed by atoms with van der Waals surface area (Å²) in [5.74, 6) is 1.39. The Balaban J connectivity index is 2.05. The molecule has 3 nitrogen and oxygen atoms in total. The second kappa shape index (κ2) is 5.51. The molecule has 0 bridgehead atoms. The average Bonchev–Trinajstić information content (AvgIpc) is 3.06. The van der Waals surface area contributed by atoms with Crippen LogP contribution < -0.4 is 8.37 Å². The molecule has 0 amide bonds. The minimum absolute atomic E-state index is 0.684. The van der Waals surface area contributed by atoms with E-state index in [-0.39, 0.29) is 0 Å². The number of hydrogen-bond donors (Lipinski definition) is 2. The molecule has 5 aromatic rings. The van der Waals surface area contributed by atoms with Crippen LogP contribution >= 0.6 is 25.8 Å². The fraction of sp³-hybridized carbons (Fsp3) is 0. The lowest BCUT2D eigenvalue weighted by Gasteiger charge is -2.05. The van der Waals surface area contributed by atoms with E-state index in [1.165, 1.54) is 0 Å². The molecule has 1 aromatic heterocycles. The molecule has 122 valence electrons. The number of thiol groups is 2. The van der Waals surface area contributed by atoms with E-state index in [4.69, 9.17) is 12.8 Å². The summed E-state index contributed by atoms with van der Waals surface area (Å²) in [6.07, 6.45) is 0. The Morgan fingerprint density at radius 1 is 0.720 bits per heavy atom. The van der Waals surface area contributed by atoms with E-state index in [0.29, 0.717) is 11.5 Å². The van der Waals surface area contributed by atoms with Gasteiger partial charge >= 0.3 is 0 Å². The van der Waals surface area contributed by atoms with Gasteiger partial charge in [-0.3, -0.25) is 0 Å². The van der Waals surface area contributed by atoms with Crippen molar-refractivity contribution in [2.45, 2.75) is 0 Å². The Hall–Kier alpha value is -2.50. The molecule has 0 aliphatic rings. The van der Waals surface area contributed by atoms with Gasteiger partial charge in [-0.05, 0) is 35.0 Å². The molecule has 5 rings (SSSR count). The Morgan fingerprint density at radius 2 is 1.52 bits per heavy atom. The van der Waals surface area contributed by atoms with E-state index in [9.17, 15) is 0 Å². The minimum atomic E-state index is 0.684. The summed E-state index contributed by atoms with van der Waals surface area (Å²) < 4.78 is 16.6. The van der Waals surface area contributed by atoms with E-state index in [2.05, 4.69) is 25.8 Å². The molecule has 4 aromatic carbocycles. The maximum atomic E-state index is 6.21. The van der Waals surface area contributed by atoms with E-state index in [1.807, 2.05) is 60.7 Å². The summed E-state index contributed by atoms with van der Waals surface area (Å²) in [7, 11) is 0. The third-order valence-electron chi connectivity index (χ3n) is 4.60. The van der Waals surface area contributed by atoms with E-state index >= 15 is 0 Å². The van der Waals surface area contributed by atoms with Gasteiger partial charge in [-0.25, -0.2) is 0 Å². The molecular weight excluding hydrogens is 352 g/mol. The highest BCUT2D eigenvalue weighted by Gasteiger charge is 2.16. The maximum absolute atomic E-state index is 6.21. The molecular formula is C20H12O3S2. The van der Waals surface area contributed by atoms with Crippen LogP contribution in [0.25, 0.3) is 43.5 Å². The summed E-state index contributed by atoms with van der Waals surface area (Å²) in [5, 5.41) is 6.12. The lowest BCUT2D eigenvalue weighted by atomic mass is 10.0. The van der Waals surface area contributed by atoms with Gasteiger partial charge in [0.25, 0.3) is 0 Å². The molecule has 0 atom stereocenters. The molecule has 0 saturated carbocycles. The number of fused-ring (bicyclic) bond motifs is 7. The number of rotatable bonds is 2. The zero-order chi connectivity index (χ0) is 17.0. The third kappa shape index (κ3) is 2.09. The predicted molar refractivity (Wildman–Crippen MR) is 108 cm³/mol. The van der Waals surface area contributed by atoms with Crippen molar-refractivity contribution < 1.29 is 12.8 Å². The summed E-state index contributed by atoms with van der Waals surface area (Å²) in [6.45, 7) is 0. The van der Waals surface area contributed by atoms with Crippen LogP contribution in [0.4, 0.5) is 0 Å². The van der Waals surface area contributed by atoms with Gasteiger partial charge < -0.3 is 12.8 Å². The lowest BCUT2D eigenvalue weighted by Crippen LogP contribution is -1.81. The zero-order valence-electron chi connectivity index (χ0n) is 12.9. The highest BCUT2D eigenvalue weighted by molar-refractivity contribution is 7.75. The van der Waals surface area contributed by atoms with E-state index < -0.39 is 0 Å². The van der Waals surface area contributed by atoms with Crippen molar-refractivity contribution in [3.05, 3.63) is 60.7 Å². The Labute approximate surface area is 154 Å². The number of hydrogen-bond acceptors (Lipinski definition) is 5. The maximum Gasteiger partial charge on any atom is 0.145 e. The topological polar surface area (TPSA) is 31.6 Å². The fourth-order valence-corrected chi connectivity index (χ4v) is 3.76. The molecule has 1 heterocycles. The van der Waals surface area contributed by atoms with Gasteiger partial charge in [-0.15, -0.1) is 0 Å². The van der Waals surface area contributed by atoms with Crippen molar-refractivity contribution in [1.29, 1.82) is 0 Å². The first-order valence-corrected chi connectivity index (χ1v) is 8.47. The average molecular weight is 364 g/mol. The van der Waals surface area contributed by atoms with E-state index in [1.54, 1.807) is 0 Å². The van der Waals surface area contributed by atoms with Gasteiger partial charge in [-0.2, -0.15) is 0 Å².